The van der Waals surface area contributed by atoms with E-state index in [1.165, 1.54) is 12.8 Å². The molecule has 2 N–H and O–H groups in total. The van der Waals surface area contributed by atoms with Gasteiger partial charge in [-0.3, -0.25) is 4.79 Å². The monoisotopic (exact) mass is 285 g/mol. The number of hydrogen-bond acceptors (Lipinski definition) is 2. The van der Waals surface area contributed by atoms with Crippen molar-refractivity contribution in [2.24, 2.45) is 0 Å². The molecular weight excluding hydrogens is 262 g/mol. The van der Waals surface area contributed by atoms with Crippen LogP contribution in [0.1, 0.15) is 60.5 Å². The lowest BCUT2D eigenvalue weighted by atomic mass is 9.99. The highest BCUT2D eigenvalue weighted by atomic mass is 16.2. The summed E-state index contributed by atoms with van der Waals surface area (Å²) in [6.45, 7) is 4.14. The summed E-state index contributed by atoms with van der Waals surface area (Å²) in [5, 5.41) is 11.9. The fourth-order valence-electron chi connectivity index (χ4n) is 2.83. The van der Waals surface area contributed by atoms with Crippen LogP contribution >= 0.6 is 0 Å². The maximum Gasteiger partial charge on any atom is 0.251 e. The molecule has 0 radical (unpaired) electrons. The van der Waals surface area contributed by atoms with Gasteiger partial charge in [0.2, 0.25) is 0 Å². The molecule has 1 aliphatic rings. The predicted octanol–water partition coefficient (Wildman–Crippen LogP) is 2.79. The van der Waals surface area contributed by atoms with Gasteiger partial charge < -0.3 is 10.4 Å². The fourth-order valence-corrected chi connectivity index (χ4v) is 2.83. The summed E-state index contributed by atoms with van der Waals surface area (Å²) >= 11 is 0. The number of amides is 1. The lowest BCUT2D eigenvalue weighted by molar-refractivity contribution is 0.0908. The summed E-state index contributed by atoms with van der Waals surface area (Å²) < 4.78 is 0. The van der Waals surface area contributed by atoms with Crippen LogP contribution in [0.2, 0.25) is 0 Å². The molecule has 1 amide bonds. The predicted molar refractivity (Wildman–Crippen MR) is 84.1 cm³/mol. The minimum absolute atomic E-state index is 0.0201. The molecule has 0 aliphatic heterocycles. The van der Waals surface area contributed by atoms with Crippen LogP contribution in [0.4, 0.5) is 0 Å². The van der Waals surface area contributed by atoms with E-state index in [9.17, 15) is 4.79 Å². The van der Waals surface area contributed by atoms with E-state index in [4.69, 9.17) is 5.11 Å². The molecule has 1 fully saturated rings. The Morgan fingerprint density at radius 3 is 2.71 bits per heavy atom. The van der Waals surface area contributed by atoms with Crippen LogP contribution in [0.3, 0.4) is 0 Å². The van der Waals surface area contributed by atoms with Gasteiger partial charge in [-0.1, -0.05) is 24.7 Å². The van der Waals surface area contributed by atoms with Crippen molar-refractivity contribution in [3.05, 3.63) is 34.9 Å². The quantitative estimate of drug-likeness (QED) is 0.839. The van der Waals surface area contributed by atoms with Crippen LogP contribution < -0.4 is 5.32 Å². The third-order valence-corrected chi connectivity index (χ3v) is 3.93. The molecule has 0 spiro atoms. The van der Waals surface area contributed by atoms with Crippen LogP contribution in [-0.2, 0) is 0 Å². The average molecular weight is 285 g/mol. The Kier molecular flexibility index (Phi) is 5.03. The zero-order valence-electron chi connectivity index (χ0n) is 12.8. The van der Waals surface area contributed by atoms with Gasteiger partial charge in [0.25, 0.3) is 5.91 Å². The second-order valence-corrected chi connectivity index (χ2v) is 6.08. The van der Waals surface area contributed by atoms with Gasteiger partial charge in [-0.2, -0.15) is 0 Å². The molecule has 0 bridgehead atoms. The van der Waals surface area contributed by atoms with Crippen LogP contribution in [-0.4, -0.2) is 23.2 Å². The third-order valence-electron chi connectivity index (χ3n) is 3.93. The van der Waals surface area contributed by atoms with E-state index in [0.29, 0.717) is 12.0 Å². The molecule has 112 valence electrons. The maximum absolute atomic E-state index is 12.4. The second kappa shape index (κ2) is 6.78. The molecule has 0 aromatic heterocycles. The molecule has 3 nitrogen and oxygen atoms in total. The number of benzene rings is 1. The van der Waals surface area contributed by atoms with Crippen molar-refractivity contribution < 1.29 is 9.90 Å². The van der Waals surface area contributed by atoms with Gasteiger partial charge in [0, 0.05) is 23.1 Å². The van der Waals surface area contributed by atoms with Gasteiger partial charge in [-0.25, -0.2) is 0 Å². The molecule has 0 heterocycles. The normalized spacial score (nSPS) is 16.1. The summed E-state index contributed by atoms with van der Waals surface area (Å²) in [5.74, 6) is 5.87. The van der Waals surface area contributed by atoms with Crippen molar-refractivity contribution in [2.45, 2.75) is 51.5 Å². The Balaban J connectivity index is 2.15. The Labute approximate surface area is 126 Å². The molecule has 0 atom stereocenters. The number of hydrogen-bond donors (Lipinski definition) is 2. The summed E-state index contributed by atoms with van der Waals surface area (Å²) in [6.07, 6.45) is 4.92. The van der Waals surface area contributed by atoms with Crippen molar-refractivity contribution in [2.75, 3.05) is 6.61 Å². The first-order valence-electron chi connectivity index (χ1n) is 7.56. The minimum atomic E-state index is -0.0659. The summed E-state index contributed by atoms with van der Waals surface area (Å²) in [5.41, 5.74) is 2.44. The number of aliphatic hydroxyl groups excluding tert-OH is 1. The Morgan fingerprint density at radius 1 is 1.33 bits per heavy atom. The molecule has 21 heavy (non-hydrogen) atoms. The SMILES string of the molecule is Cc1cc(C#CCCO)cc(C(=O)NC2(C)CCCC2)c1. The summed E-state index contributed by atoms with van der Waals surface area (Å²) in [7, 11) is 0. The zero-order valence-corrected chi connectivity index (χ0v) is 12.8. The van der Waals surface area contributed by atoms with Gasteiger partial charge in [0.05, 0.1) is 6.61 Å². The molecule has 0 saturated heterocycles. The first kappa shape index (κ1) is 15.6. The van der Waals surface area contributed by atoms with Gasteiger partial charge in [-0.05, 0) is 50.5 Å². The van der Waals surface area contributed by atoms with Crippen LogP contribution in [0, 0.1) is 18.8 Å². The number of aliphatic hydroxyl groups is 1. The topological polar surface area (TPSA) is 49.3 Å². The maximum atomic E-state index is 12.4. The van der Waals surface area contributed by atoms with Crippen molar-refractivity contribution in [3.8, 4) is 11.8 Å². The van der Waals surface area contributed by atoms with E-state index >= 15 is 0 Å². The van der Waals surface area contributed by atoms with Crippen LogP contribution in [0.25, 0.3) is 0 Å². The fraction of sp³-hybridized carbons (Fsp3) is 0.500. The number of aryl methyl sites for hydroxylation is 1. The lowest BCUT2D eigenvalue weighted by Gasteiger charge is -2.25. The first-order valence-corrected chi connectivity index (χ1v) is 7.56. The smallest absolute Gasteiger partial charge is 0.251 e. The second-order valence-electron chi connectivity index (χ2n) is 6.08. The Morgan fingerprint density at radius 2 is 2.05 bits per heavy atom. The lowest BCUT2D eigenvalue weighted by Crippen LogP contribution is -2.43. The highest BCUT2D eigenvalue weighted by Gasteiger charge is 2.30. The van der Waals surface area contributed by atoms with Crippen molar-refractivity contribution >= 4 is 5.91 Å². The van der Waals surface area contributed by atoms with Crippen molar-refractivity contribution in [1.82, 2.24) is 5.32 Å². The Hall–Kier alpha value is -1.79. The highest BCUT2D eigenvalue weighted by molar-refractivity contribution is 5.95. The molecular formula is C18H23NO2. The van der Waals surface area contributed by atoms with E-state index in [-0.39, 0.29) is 18.1 Å². The largest absolute Gasteiger partial charge is 0.395 e. The van der Waals surface area contributed by atoms with Gasteiger partial charge in [0.1, 0.15) is 0 Å². The zero-order chi connectivity index (χ0) is 15.3. The van der Waals surface area contributed by atoms with E-state index in [2.05, 4.69) is 24.1 Å². The first-order chi connectivity index (χ1) is 10.0. The standard InChI is InChI=1S/C18H23NO2/c1-14-11-15(7-3-6-10-20)13-16(12-14)17(21)19-18(2)8-4-5-9-18/h11-13,20H,4-6,8-10H2,1-2H3,(H,19,21). The Bertz CT molecular complexity index is 575. The molecule has 1 saturated carbocycles. The summed E-state index contributed by atoms with van der Waals surface area (Å²) in [4.78, 5) is 12.4. The minimum Gasteiger partial charge on any atom is -0.395 e. The molecule has 1 aromatic carbocycles. The van der Waals surface area contributed by atoms with Crippen LogP contribution in [0.5, 0.6) is 0 Å². The van der Waals surface area contributed by atoms with E-state index < -0.39 is 0 Å². The average Bonchev–Trinajstić information content (AvgIpc) is 2.85. The van der Waals surface area contributed by atoms with E-state index in [1.807, 2.05) is 25.1 Å². The van der Waals surface area contributed by atoms with Gasteiger partial charge >= 0.3 is 0 Å². The molecule has 0 unspecified atom stereocenters. The number of nitrogens with one attached hydrogen (secondary N) is 1. The number of carbonyl (C=O) groups excluding carboxylic acids is 1. The molecule has 2 rings (SSSR count). The number of carbonyl (C=O) groups is 1. The van der Waals surface area contributed by atoms with Gasteiger partial charge in [-0.15, -0.1) is 0 Å². The summed E-state index contributed by atoms with van der Waals surface area (Å²) in [6, 6.07) is 5.67. The van der Waals surface area contributed by atoms with Crippen molar-refractivity contribution in [3.63, 3.8) is 0 Å². The highest BCUT2D eigenvalue weighted by Crippen LogP contribution is 2.29. The molecule has 1 aliphatic carbocycles. The van der Waals surface area contributed by atoms with Gasteiger partial charge in [0.15, 0.2) is 0 Å². The van der Waals surface area contributed by atoms with E-state index in [1.54, 1.807) is 0 Å². The number of rotatable bonds is 3. The molecule has 1 aromatic rings. The molecule has 3 heteroatoms. The third kappa shape index (κ3) is 4.34. The van der Waals surface area contributed by atoms with Crippen molar-refractivity contribution in [1.29, 1.82) is 0 Å². The van der Waals surface area contributed by atoms with E-state index in [0.717, 1.165) is 24.0 Å². The van der Waals surface area contributed by atoms with Crippen LogP contribution in [0.15, 0.2) is 18.2 Å².